The van der Waals surface area contributed by atoms with Crippen LogP contribution in [0.25, 0.3) is 0 Å². The van der Waals surface area contributed by atoms with E-state index in [0.29, 0.717) is 6.61 Å². The molecule has 0 aliphatic heterocycles. The van der Waals surface area contributed by atoms with Gasteiger partial charge < -0.3 is 4.74 Å². The standard InChI is InChI=1S/C55H106O2/c1-4-7-10-13-16-19-22-25-28-29-30-32-35-38-41-44-47-50-53-57-55(56)54(51-48-45-42-39-36-33-27-24-21-18-15-12-9-6-3)52-49-46-43-40-37-34-31-26-23-20-17-14-11-8-5-2/h25,28,31,34,54H,4-24,26-27,29-30,32-33,35-53H2,1-3H3/b28-25+,34-31+. The Bertz CT molecular complexity index is 798. The van der Waals surface area contributed by atoms with E-state index in [-0.39, 0.29) is 11.9 Å². The van der Waals surface area contributed by atoms with E-state index >= 15 is 0 Å². The van der Waals surface area contributed by atoms with Gasteiger partial charge in [0.25, 0.3) is 0 Å². The zero-order valence-electron chi connectivity index (χ0n) is 39.7. The van der Waals surface area contributed by atoms with Gasteiger partial charge in [0.1, 0.15) is 0 Å². The Labute approximate surface area is 360 Å². The fourth-order valence-electron chi connectivity index (χ4n) is 8.42. The van der Waals surface area contributed by atoms with Crippen LogP contribution in [0.1, 0.15) is 310 Å². The van der Waals surface area contributed by atoms with Gasteiger partial charge in [0.2, 0.25) is 0 Å². The second-order valence-corrected chi connectivity index (χ2v) is 18.3. The van der Waals surface area contributed by atoms with Crippen LogP contribution in [0.5, 0.6) is 0 Å². The summed E-state index contributed by atoms with van der Waals surface area (Å²) in [6.45, 7) is 7.52. The SMILES string of the molecule is CCCCCCCC/C=C/CCCCCCCCCCOC(=O)C(CCCCCC/C=C/CCCCCCCCC)CCCCCCCCCCCCCCCC. The topological polar surface area (TPSA) is 26.3 Å². The van der Waals surface area contributed by atoms with Crippen LogP contribution < -0.4 is 0 Å². The molecule has 2 heteroatoms. The van der Waals surface area contributed by atoms with Gasteiger partial charge in [-0.25, -0.2) is 0 Å². The molecule has 0 rings (SSSR count). The van der Waals surface area contributed by atoms with E-state index in [4.69, 9.17) is 4.74 Å². The molecule has 0 saturated heterocycles. The fraction of sp³-hybridized carbons (Fsp3) is 0.909. The maximum absolute atomic E-state index is 13.2. The Balaban J connectivity index is 4.11. The average Bonchev–Trinajstić information content (AvgIpc) is 3.22. The van der Waals surface area contributed by atoms with Gasteiger partial charge in [-0.2, -0.15) is 0 Å². The summed E-state index contributed by atoms with van der Waals surface area (Å²) in [6.07, 6.45) is 69.6. The van der Waals surface area contributed by atoms with Crippen LogP contribution in [-0.4, -0.2) is 12.6 Å². The molecule has 0 aliphatic carbocycles. The lowest BCUT2D eigenvalue weighted by Crippen LogP contribution is -2.18. The molecular formula is C55H106O2. The number of rotatable bonds is 49. The molecule has 0 aromatic rings. The molecule has 0 bridgehead atoms. The van der Waals surface area contributed by atoms with Crippen molar-refractivity contribution >= 4 is 5.97 Å². The van der Waals surface area contributed by atoms with Crippen molar-refractivity contribution in [2.45, 2.75) is 310 Å². The lowest BCUT2D eigenvalue weighted by atomic mass is 9.94. The molecule has 0 heterocycles. The molecule has 0 fully saturated rings. The molecule has 0 aliphatic rings. The van der Waals surface area contributed by atoms with Gasteiger partial charge in [0.15, 0.2) is 0 Å². The maximum atomic E-state index is 13.2. The van der Waals surface area contributed by atoms with Gasteiger partial charge in [-0.1, -0.05) is 263 Å². The normalized spacial score (nSPS) is 12.4. The number of allylic oxidation sites excluding steroid dienone is 4. The minimum atomic E-state index is 0.110. The average molecular weight is 799 g/mol. The number of esters is 1. The second kappa shape index (κ2) is 51.1. The van der Waals surface area contributed by atoms with Crippen molar-refractivity contribution in [1.29, 1.82) is 0 Å². The van der Waals surface area contributed by atoms with Crippen LogP contribution in [-0.2, 0) is 9.53 Å². The summed E-state index contributed by atoms with van der Waals surface area (Å²) in [5, 5.41) is 0. The minimum Gasteiger partial charge on any atom is -0.465 e. The van der Waals surface area contributed by atoms with Crippen molar-refractivity contribution in [3.63, 3.8) is 0 Å². The van der Waals surface area contributed by atoms with Crippen LogP contribution in [0.3, 0.4) is 0 Å². The van der Waals surface area contributed by atoms with Crippen molar-refractivity contribution in [2.24, 2.45) is 5.92 Å². The van der Waals surface area contributed by atoms with E-state index in [1.54, 1.807) is 0 Å². The Morgan fingerprint density at radius 2 is 0.544 bits per heavy atom. The number of unbranched alkanes of at least 4 members (excludes halogenated alkanes) is 38. The highest BCUT2D eigenvalue weighted by Crippen LogP contribution is 2.22. The summed E-state index contributed by atoms with van der Waals surface area (Å²) in [4.78, 5) is 13.2. The highest BCUT2D eigenvalue weighted by Gasteiger charge is 2.19. The number of carbonyl (C=O) groups is 1. The lowest BCUT2D eigenvalue weighted by Gasteiger charge is -2.16. The predicted molar refractivity (Wildman–Crippen MR) is 258 cm³/mol. The molecule has 0 saturated carbocycles. The fourth-order valence-corrected chi connectivity index (χ4v) is 8.42. The maximum Gasteiger partial charge on any atom is 0.308 e. The molecular weight excluding hydrogens is 693 g/mol. The summed E-state index contributed by atoms with van der Waals surface area (Å²) in [7, 11) is 0. The number of hydrogen-bond acceptors (Lipinski definition) is 2. The number of carbonyl (C=O) groups excluding carboxylic acids is 1. The van der Waals surface area contributed by atoms with Gasteiger partial charge in [-0.05, 0) is 70.6 Å². The van der Waals surface area contributed by atoms with E-state index in [1.165, 1.54) is 270 Å². The van der Waals surface area contributed by atoms with Gasteiger partial charge >= 0.3 is 5.97 Å². The summed E-state index contributed by atoms with van der Waals surface area (Å²) in [6, 6.07) is 0. The van der Waals surface area contributed by atoms with E-state index < -0.39 is 0 Å². The quantitative estimate of drug-likeness (QED) is 0.0348. The highest BCUT2D eigenvalue weighted by atomic mass is 16.5. The first-order chi connectivity index (χ1) is 28.3. The van der Waals surface area contributed by atoms with Crippen molar-refractivity contribution < 1.29 is 9.53 Å². The highest BCUT2D eigenvalue weighted by molar-refractivity contribution is 5.72. The van der Waals surface area contributed by atoms with Gasteiger partial charge in [0, 0.05) is 0 Å². The van der Waals surface area contributed by atoms with Crippen molar-refractivity contribution in [3.8, 4) is 0 Å². The molecule has 0 amide bonds. The summed E-state index contributed by atoms with van der Waals surface area (Å²) < 4.78 is 5.92. The lowest BCUT2D eigenvalue weighted by molar-refractivity contribution is -0.149. The van der Waals surface area contributed by atoms with Crippen LogP contribution >= 0.6 is 0 Å². The Hall–Kier alpha value is -1.05. The first-order valence-corrected chi connectivity index (χ1v) is 26.7. The first-order valence-electron chi connectivity index (χ1n) is 26.7. The van der Waals surface area contributed by atoms with E-state index in [0.717, 1.165) is 19.3 Å². The summed E-state index contributed by atoms with van der Waals surface area (Å²) in [5.41, 5.74) is 0. The van der Waals surface area contributed by atoms with Gasteiger partial charge in [0.05, 0.1) is 12.5 Å². The third kappa shape index (κ3) is 47.5. The van der Waals surface area contributed by atoms with Crippen LogP contribution in [0.15, 0.2) is 24.3 Å². The van der Waals surface area contributed by atoms with Gasteiger partial charge in [-0.15, -0.1) is 0 Å². The third-order valence-electron chi connectivity index (χ3n) is 12.5. The Morgan fingerprint density at radius 1 is 0.316 bits per heavy atom. The molecule has 1 atom stereocenters. The molecule has 0 N–H and O–H groups in total. The van der Waals surface area contributed by atoms with E-state index in [9.17, 15) is 4.79 Å². The van der Waals surface area contributed by atoms with Crippen LogP contribution in [0.2, 0.25) is 0 Å². The zero-order valence-corrected chi connectivity index (χ0v) is 39.7. The largest absolute Gasteiger partial charge is 0.465 e. The zero-order chi connectivity index (χ0) is 41.2. The molecule has 338 valence electrons. The Morgan fingerprint density at radius 3 is 0.825 bits per heavy atom. The van der Waals surface area contributed by atoms with Gasteiger partial charge in [-0.3, -0.25) is 4.79 Å². The molecule has 0 aromatic heterocycles. The molecule has 1 unspecified atom stereocenters. The van der Waals surface area contributed by atoms with Crippen molar-refractivity contribution in [2.75, 3.05) is 6.61 Å². The smallest absolute Gasteiger partial charge is 0.308 e. The van der Waals surface area contributed by atoms with Crippen LogP contribution in [0.4, 0.5) is 0 Å². The summed E-state index contributed by atoms with van der Waals surface area (Å²) in [5.74, 6) is 0.230. The monoisotopic (exact) mass is 799 g/mol. The molecule has 2 nitrogen and oxygen atoms in total. The minimum absolute atomic E-state index is 0.110. The summed E-state index contributed by atoms with van der Waals surface area (Å²) >= 11 is 0. The van der Waals surface area contributed by atoms with Crippen LogP contribution in [0, 0.1) is 5.92 Å². The predicted octanol–water partition coefficient (Wildman–Crippen LogP) is 19.9. The molecule has 0 aromatic carbocycles. The molecule has 0 spiro atoms. The van der Waals surface area contributed by atoms with Crippen molar-refractivity contribution in [3.05, 3.63) is 24.3 Å². The van der Waals surface area contributed by atoms with Crippen molar-refractivity contribution in [1.82, 2.24) is 0 Å². The molecule has 0 radical (unpaired) electrons. The Kier molecular flexibility index (Phi) is 50.2. The molecule has 57 heavy (non-hydrogen) atoms. The van der Waals surface area contributed by atoms with E-state index in [2.05, 4.69) is 45.1 Å². The number of hydrogen-bond donors (Lipinski definition) is 0. The second-order valence-electron chi connectivity index (χ2n) is 18.3. The number of ether oxygens (including phenoxy) is 1. The first kappa shape index (κ1) is 55.9. The van der Waals surface area contributed by atoms with E-state index in [1.807, 2.05) is 0 Å². The third-order valence-corrected chi connectivity index (χ3v) is 12.5.